The standard InChI is InChI=1S/C23H25N5O2/c24-12-17-5-8-21(26-13-17)28-18-6-7-19(28)15-27(14-18)22(29)16-30-23(9-3-10-23)20-4-1-2-11-25-20/h1-2,4-5,8,11,13,18-19H,3,6-7,9-10,14-16H2. The van der Waals surface area contributed by atoms with Gasteiger partial charge >= 0.3 is 0 Å². The normalized spacial score (nSPS) is 24.2. The van der Waals surface area contributed by atoms with Gasteiger partial charge in [-0.2, -0.15) is 5.26 Å². The number of piperazine rings is 1. The molecule has 2 bridgehead atoms. The molecule has 7 heteroatoms. The van der Waals surface area contributed by atoms with Crippen LogP contribution in [0.4, 0.5) is 5.82 Å². The van der Waals surface area contributed by atoms with Crippen molar-refractivity contribution in [3.8, 4) is 6.07 Å². The largest absolute Gasteiger partial charge is 0.359 e. The molecule has 5 rings (SSSR count). The van der Waals surface area contributed by atoms with Gasteiger partial charge in [0.25, 0.3) is 0 Å². The first kappa shape index (κ1) is 19.0. The first-order valence-corrected chi connectivity index (χ1v) is 10.7. The van der Waals surface area contributed by atoms with Gasteiger partial charge in [-0.25, -0.2) is 4.98 Å². The average molecular weight is 403 g/mol. The molecular weight excluding hydrogens is 378 g/mol. The quantitative estimate of drug-likeness (QED) is 0.763. The van der Waals surface area contributed by atoms with Crippen LogP contribution in [0, 0.1) is 11.3 Å². The maximum atomic E-state index is 13.0. The van der Waals surface area contributed by atoms with Crippen LogP contribution in [0.2, 0.25) is 0 Å². The fourth-order valence-electron chi connectivity index (χ4n) is 4.98. The third-order valence-corrected chi connectivity index (χ3v) is 6.74. The van der Waals surface area contributed by atoms with Crippen molar-refractivity contribution in [2.75, 3.05) is 24.6 Å². The molecule has 2 aromatic rings. The van der Waals surface area contributed by atoms with E-state index in [1.807, 2.05) is 35.2 Å². The Kier molecular flexibility index (Phi) is 4.87. The number of pyridine rings is 2. The van der Waals surface area contributed by atoms with Gasteiger partial charge in [0.15, 0.2) is 0 Å². The summed E-state index contributed by atoms with van der Waals surface area (Å²) >= 11 is 0. The van der Waals surface area contributed by atoms with Crippen LogP contribution in [0.1, 0.15) is 43.4 Å². The van der Waals surface area contributed by atoms with Crippen molar-refractivity contribution >= 4 is 11.7 Å². The van der Waals surface area contributed by atoms with Crippen molar-refractivity contribution in [3.63, 3.8) is 0 Å². The summed E-state index contributed by atoms with van der Waals surface area (Å²) in [7, 11) is 0. The fraction of sp³-hybridized carbons (Fsp3) is 0.478. The Bertz CT molecular complexity index is 938. The van der Waals surface area contributed by atoms with Gasteiger partial charge < -0.3 is 14.5 Å². The molecule has 0 spiro atoms. The zero-order valence-electron chi connectivity index (χ0n) is 16.9. The summed E-state index contributed by atoms with van der Waals surface area (Å²) in [6, 6.07) is 12.2. The van der Waals surface area contributed by atoms with E-state index in [2.05, 4.69) is 20.9 Å². The SMILES string of the molecule is N#Cc1ccc(N2C3CCC2CN(C(=O)COC2(c4ccccn4)CCC2)C3)nc1. The highest BCUT2D eigenvalue weighted by Crippen LogP contribution is 2.44. The number of ether oxygens (including phenoxy) is 1. The molecule has 30 heavy (non-hydrogen) atoms. The first-order valence-electron chi connectivity index (χ1n) is 10.7. The lowest BCUT2D eigenvalue weighted by atomic mass is 9.77. The summed E-state index contributed by atoms with van der Waals surface area (Å²) in [6.07, 6.45) is 8.45. The van der Waals surface area contributed by atoms with Crippen LogP contribution in [-0.2, 0) is 15.1 Å². The second kappa shape index (κ2) is 7.69. The van der Waals surface area contributed by atoms with E-state index in [1.165, 1.54) is 0 Å². The van der Waals surface area contributed by atoms with E-state index >= 15 is 0 Å². The number of rotatable bonds is 5. The highest BCUT2D eigenvalue weighted by atomic mass is 16.5. The van der Waals surface area contributed by atoms with Crippen molar-refractivity contribution in [1.82, 2.24) is 14.9 Å². The fourth-order valence-corrected chi connectivity index (χ4v) is 4.98. The molecule has 0 aromatic carbocycles. The zero-order valence-corrected chi connectivity index (χ0v) is 16.9. The van der Waals surface area contributed by atoms with Gasteiger partial charge in [-0.1, -0.05) is 6.07 Å². The molecule has 7 nitrogen and oxygen atoms in total. The molecule has 2 unspecified atom stereocenters. The lowest BCUT2D eigenvalue weighted by molar-refractivity contribution is -0.155. The maximum Gasteiger partial charge on any atom is 0.248 e. The number of likely N-dealkylation sites (tertiary alicyclic amines) is 1. The second-order valence-corrected chi connectivity index (χ2v) is 8.46. The van der Waals surface area contributed by atoms with Crippen molar-refractivity contribution in [2.45, 2.75) is 49.8 Å². The lowest BCUT2D eigenvalue weighted by Crippen LogP contribution is -2.56. The van der Waals surface area contributed by atoms with Crippen LogP contribution in [0.5, 0.6) is 0 Å². The van der Waals surface area contributed by atoms with E-state index in [0.717, 1.165) is 43.6 Å². The molecule has 1 amide bonds. The number of carbonyl (C=O) groups is 1. The van der Waals surface area contributed by atoms with E-state index in [-0.39, 0.29) is 24.6 Å². The monoisotopic (exact) mass is 403 g/mol. The number of nitrogens with zero attached hydrogens (tertiary/aromatic N) is 5. The van der Waals surface area contributed by atoms with Gasteiger partial charge in [-0.05, 0) is 56.4 Å². The molecule has 3 fully saturated rings. The smallest absolute Gasteiger partial charge is 0.248 e. The summed E-state index contributed by atoms with van der Waals surface area (Å²) in [4.78, 5) is 26.2. The summed E-state index contributed by atoms with van der Waals surface area (Å²) in [5.41, 5.74) is 1.10. The van der Waals surface area contributed by atoms with E-state index in [9.17, 15) is 4.79 Å². The molecule has 3 aliphatic rings. The van der Waals surface area contributed by atoms with Crippen molar-refractivity contribution < 1.29 is 9.53 Å². The highest BCUT2D eigenvalue weighted by Gasteiger charge is 2.44. The minimum Gasteiger partial charge on any atom is -0.359 e. The molecular formula is C23H25N5O2. The van der Waals surface area contributed by atoms with Crippen molar-refractivity contribution in [3.05, 3.63) is 54.0 Å². The molecule has 1 saturated carbocycles. The number of nitriles is 1. The lowest BCUT2D eigenvalue weighted by Gasteiger charge is -2.43. The minimum atomic E-state index is -0.399. The third kappa shape index (κ3) is 3.31. The average Bonchev–Trinajstić information content (AvgIpc) is 3.02. The van der Waals surface area contributed by atoms with Gasteiger partial charge in [0, 0.05) is 37.6 Å². The van der Waals surface area contributed by atoms with Crippen molar-refractivity contribution in [2.24, 2.45) is 0 Å². The van der Waals surface area contributed by atoms with E-state index in [4.69, 9.17) is 10.00 Å². The molecule has 2 aliphatic heterocycles. The molecule has 154 valence electrons. The van der Waals surface area contributed by atoms with Crippen LogP contribution in [0.25, 0.3) is 0 Å². The summed E-state index contributed by atoms with van der Waals surface area (Å²) in [5, 5.41) is 8.99. The van der Waals surface area contributed by atoms with Crippen LogP contribution in [0.3, 0.4) is 0 Å². The molecule has 2 saturated heterocycles. The van der Waals surface area contributed by atoms with Crippen LogP contribution in [0.15, 0.2) is 42.7 Å². The Labute approximate surface area is 176 Å². The topological polar surface area (TPSA) is 82.4 Å². The number of hydrogen-bond acceptors (Lipinski definition) is 6. The number of aromatic nitrogens is 2. The molecule has 2 atom stereocenters. The molecule has 1 aliphatic carbocycles. The minimum absolute atomic E-state index is 0.0570. The summed E-state index contributed by atoms with van der Waals surface area (Å²) in [5.74, 6) is 0.954. The predicted molar refractivity (Wildman–Crippen MR) is 111 cm³/mol. The second-order valence-electron chi connectivity index (χ2n) is 8.46. The number of amides is 1. The van der Waals surface area contributed by atoms with Gasteiger partial charge in [0.2, 0.25) is 5.91 Å². The number of hydrogen-bond donors (Lipinski definition) is 0. The number of fused-ring (bicyclic) bond motifs is 2. The molecule has 2 aromatic heterocycles. The third-order valence-electron chi connectivity index (χ3n) is 6.74. The number of carbonyl (C=O) groups excluding carboxylic acids is 1. The Balaban J connectivity index is 1.23. The highest BCUT2D eigenvalue weighted by molar-refractivity contribution is 5.78. The van der Waals surface area contributed by atoms with E-state index < -0.39 is 5.60 Å². The van der Waals surface area contributed by atoms with Crippen LogP contribution in [-0.4, -0.2) is 52.6 Å². The maximum absolute atomic E-state index is 13.0. The van der Waals surface area contributed by atoms with Gasteiger partial charge in [0.1, 0.15) is 24.1 Å². The molecule has 0 N–H and O–H groups in total. The molecule has 0 radical (unpaired) electrons. The predicted octanol–water partition coefficient (Wildman–Crippen LogP) is 2.62. The Morgan fingerprint density at radius 1 is 1.17 bits per heavy atom. The van der Waals surface area contributed by atoms with Crippen molar-refractivity contribution in [1.29, 1.82) is 5.26 Å². The Morgan fingerprint density at radius 3 is 2.53 bits per heavy atom. The first-order chi connectivity index (χ1) is 14.7. The van der Waals surface area contributed by atoms with Gasteiger partial charge in [0.05, 0.1) is 11.3 Å². The van der Waals surface area contributed by atoms with Gasteiger partial charge in [-0.15, -0.1) is 0 Å². The van der Waals surface area contributed by atoms with Gasteiger partial charge in [-0.3, -0.25) is 9.78 Å². The zero-order chi connectivity index (χ0) is 20.6. The van der Waals surface area contributed by atoms with Crippen LogP contribution >= 0.6 is 0 Å². The van der Waals surface area contributed by atoms with E-state index in [0.29, 0.717) is 18.7 Å². The van der Waals surface area contributed by atoms with Crippen LogP contribution < -0.4 is 4.90 Å². The Hall–Kier alpha value is -2.98. The summed E-state index contributed by atoms with van der Waals surface area (Å²) < 4.78 is 6.18. The van der Waals surface area contributed by atoms with E-state index in [1.54, 1.807) is 12.4 Å². The molecule has 4 heterocycles. The summed E-state index contributed by atoms with van der Waals surface area (Å²) in [6.45, 7) is 1.49. The Morgan fingerprint density at radius 2 is 1.97 bits per heavy atom. The number of anilines is 1.